The van der Waals surface area contributed by atoms with Crippen molar-refractivity contribution in [2.45, 2.75) is 19.8 Å². The highest BCUT2D eigenvalue weighted by atomic mass is 15.2. The Bertz CT molecular complexity index is 1070. The van der Waals surface area contributed by atoms with Crippen LogP contribution < -0.4 is 5.32 Å². The lowest BCUT2D eigenvalue weighted by molar-refractivity contribution is 0.768. The number of anilines is 2. The van der Waals surface area contributed by atoms with Gasteiger partial charge in [0.2, 0.25) is 0 Å². The van der Waals surface area contributed by atoms with Gasteiger partial charge in [-0.25, -0.2) is 4.98 Å². The van der Waals surface area contributed by atoms with Crippen LogP contribution in [0.25, 0.3) is 22.2 Å². The summed E-state index contributed by atoms with van der Waals surface area (Å²) in [6.45, 7) is 4.25. The van der Waals surface area contributed by atoms with Crippen LogP contribution in [0.3, 0.4) is 0 Å². The van der Waals surface area contributed by atoms with Crippen molar-refractivity contribution >= 4 is 22.7 Å². The van der Waals surface area contributed by atoms with Gasteiger partial charge in [0.15, 0.2) is 5.82 Å². The van der Waals surface area contributed by atoms with Crippen molar-refractivity contribution < 1.29 is 0 Å². The lowest BCUT2D eigenvalue weighted by atomic mass is 10.1. The molecule has 7 heteroatoms. The first-order valence-electron chi connectivity index (χ1n) is 8.44. The molecule has 0 aromatic carbocycles. The van der Waals surface area contributed by atoms with Crippen LogP contribution in [0, 0.1) is 0 Å². The molecule has 0 unspecified atom stereocenters. The average molecular weight is 345 g/mol. The normalized spacial score (nSPS) is 11.2. The molecule has 4 rings (SSSR count). The molecule has 130 valence electrons. The zero-order valence-electron chi connectivity index (χ0n) is 14.9. The number of hydrogen-bond acceptors (Lipinski definition) is 6. The molecule has 0 aliphatic heterocycles. The molecule has 0 radical (unpaired) electrons. The number of hydrogen-bond donors (Lipinski definition) is 1. The van der Waals surface area contributed by atoms with Crippen molar-refractivity contribution in [1.82, 2.24) is 29.9 Å². The number of aromatic nitrogens is 6. The molecule has 0 aliphatic carbocycles. The van der Waals surface area contributed by atoms with Gasteiger partial charge in [-0.05, 0) is 35.7 Å². The van der Waals surface area contributed by atoms with Gasteiger partial charge in [0, 0.05) is 30.6 Å². The van der Waals surface area contributed by atoms with Crippen LogP contribution >= 0.6 is 0 Å². The Morgan fingerprint density at radius 1 is 0.962 bits per heavy atom. The van der Waals surface area contributed by atoms with Gasteiger partial charge >= 0.3 is 0 Å². The van der Waals surface area contributed by atoms with Crippen molar-refractivity contribution in [3.05, 3.63) is 54.6 Å². The Kier molecular flexibility index (Phi) is 4.04. The number of fused-ring (bicyclic) bond motifs is 1. The number of nitrogens with zero attached hydrogens (tertiary/aromatic N) is 6. The van der Waals surface area contributed by atoms with Gasteiger partial charge in [-0.15, -0.1) is 5.10 Å². The Balaban J connectivity index is 1.67. The summed E-state index contributed by atoms with van der Waals surface area (Å²) < 4.78 is 1.77. The Morgan fingerprint density at radius 2 is 1.85 bits per heavy atom. The third kappa shape index (κ3) is 3.23. The van der Waals surface area contributed by atoms with Crippen molar-refractivity contribution in [3.63, 3.8) is 0 Å². The summed E-state index contributed by atoms with van der Waals surface area (Å²) >= 11 is 0. The maximum atomic E-state index is 4.67. The molecule has 4 heterocycles. The highest BCUT2D eigenvalue weighted by molar-refractivity contribution is 5.81. The van der Waals surface area contributed by atoms with E-state index in [0.29, 0.717) is 17.6 Å². The molecule has 1 N–H and O–H groups in total. The predicted molar refractivity (Wildman–Crippen MR) is 101 cm³/mol. The van der Waals surface area contributed by atoms with Gasteiger partial charge in [0.1, 0.15) is 5.82 Å². The van der Waals surface area contributed by atoms with Crippen molar-refractivity contribution in [1.29, 1.82) is 0 Å². The topological polar surface area (TPSA) is 81.4 Å². The van der Waals surface area contributed by atoms with Crippen LogP contribution in [0.15, 0.2) is 49.1 Å². The van der Waals surface area contributed by atoms with Gasteiger partial charge < -0.3 is 5.32 Å². The second kappa shape index (κ2) is 6.51. The summed E-state index contributed by atoms with van der Waals surface area (Å²) in [4.78, 5) is 9.17. The number of nitrogens with one attached hydrogen (secondary N) is 1. The minimum Gasteiger partial charge on any atom is -0.323 e. The molecule has 7 nitrogen and oxygen atoms in total. The highest BCUT2D eigenvalue weighted by Crippen LogP contribution is 2.23. The van der Waals surface area contributed by atoms with Crippen molar-refractivity contribution in [2.24, 2.45) is 7.05 Å². The number of pyridine rings is 2. The largest absolute Gasteiger partial charge is 0.323 e. The zero-order valence-corrected chi connectivity index (χ0v) is 14.9. The summed E-state index contributed by atoms with van der Waals surface area (Å²) in [6.07, 6.45) is 7.40. The monoisotopic (exact) mass is 345 g/mol. The molecule has 0 saturated carbocycles. The van der Waals surface area contributed by atoms with Crippen LogP contribution in [0.4, 0.5) is 11.6 Å². The first kappa shape index (κ1) is 16.1. The zero-order chi connectivity index (χ0) is 18.1. The van der Waals surface area contributed by atoms with E-state index in [0.717, 1.165) is 27.7 Å². The number of rotatable bonds is 4. The lowest BCUT2D eigenvalue weighted by Gasteiger charge is -2.09. The van der Waals surface area contributed by atoms with Crippen LogP contribution in [-0.4, -0.2) is 29.9 Å². The molecule has 26 heavy (non-hydrogen) atoms. The van der Waals surface area contributed by atoms with Crippen LogP contribution in [-0.2, 0) is 7.05 Å². The standard InChI is InChI=1S/C19H19N7/c1-12(2)13-7-19(25-21-9-13)24-18-5-4-16-17(23-18)6-14(8-20-16)15-10-22-26(3)11-15/h4-12H,1-3H3,(H,23,24,25). The van der Waals surface area contributed by atoms with E-state index in [1.165, 1.54) is 0 Å². The second-order valence-corrected chi connectivity index (χ2v) is 6.52. The highest BCUT2D eigenvalue weighted by Gasteiger charge is 2.07. The van der Waals surface area contributed by atoms with E-state index in [9.17, 15) is 0 Å². The van der Waals surface area contributed by atoms with Gasteiger partial charge in [0.05, 0.1) is 23.4 Å². The van der Waals surface area contributed by atoms with E-state index in [1.807, 2.05) is 49.9 Å². The fourth-order valence-corrected chi connectivity index (χ4v) is 2.69. The maximum Gasteiger partial charge on any atom is 0.154 e. The summed E-state index contributed by atoms with van der Waals surface area (Å²) in [5.74, 6) is 1.78. The van der Waals surface area contributed by atoms with E-state index in [2.05, 4.69) is 44.4 Å². The smallest absolute Gasteiger partial charge is 0.154 e. The minimum atomic E-state index is 0.391. The molecule has 4 aromatic heterocycles. The maximum absolute atomic E-state index is 4.67. The predicted octanol–water partition coefficient (Wildman–Crippen LogP) is 3.69. The average Bonchev–Trinajstić information content (AvgIpc) is 3.08. The quantitative estimate of drug-likeness (QED) is 0.607. The van der Waals surface area contributed by atoms with Crippen LogP contribution in [0.2, 0.25) is 0 Å². The first-order valence-corrected chi connectivity index (χ1v) is 8.44. The van der Waals surface area contributed by atoms with E-state index in [-0.39, 0.29) is 0 Å². The lowest BCUT2D eigenvalue weighted by Crippen LogP contribution is -2.00. The summed E-state index contributed by atoms with van der Waals surface area (Å²) in [5, 5.41) is 15.6. The fourth-order valence-electron chi connectivity index (χ4n) is 2.69. The Labute approximate surface area is 151 Å². The van der Waals surface area contributed by atoms with Gasteiger partial charge in [-0.2, -0.15) is 10.2 Å². The summed E-state index contributed by atoms with van der Waals surface area (Å²) in [5.41, 5.74) is 4.77. The molecule has 0 bridgehead atoms. The van der Waals surface area contributed by atoms with Crippen LogP contribution in [0.5, 0.6) is 0 Å². The molecule has 4 aromatic rings. The molecule has 0 saturated heterocycles. The second-order valence-electron chi connectivity index (χ2n) is 6.52. The Hall–Kier alpha value is -3.35. The molecule has 0 spiro atoms. The van der Waals surface area contributed by atoms with E-state index >= 15 is 0 Å². The van der Waals surface area contributed by atoms with E-state index in [1.54, 1.807) is 10.9 Å². The van der Waals surface area contributed by atoms with E-state index in [4.69, 9.17) is 0 Å². The van der Waals surface area contributed by atoms with Crippen LogP contribution in [0.1, 0.15) is 25.3 Å². The third-order valence-corrected chi connectivity index (χ3v) is 4.17. The van der Waals surface area contributed by atoms with Gasteiger partial charge in [-0.1, -0.05) is 13.8 Å². The third-order valence-electron chi connectivity index (χ3n) is 4.17. The summed E-state index contributed by atoms with van der Waals surface area (Å²) in [6, 6.07) is 7.84. The summed E-state index contributed by atoms with van der Waals surface area (Å²) in [7, 11) is 1.89. The van der Waals surface area contributed by atoms with Gasteiger partial charge in [0.25, 0.3) is 0 Å². The minimum absolute atomic E-state index is 0.391. The number of aryl methyl sites for hydroxylation is 1. The molecule has 0 atom stereocenters. The van der Waals surface area contributed by atoms with Crippen molar-refractivity contribution in [3.8, 4) is 11.1 Å². The fraction of sp³-hybridized carbons (Fsp3) is 0.211. The molecule has 0 fully saturated rings. The molecular formula is C19H19N7. The first-order chi connectivity index (χ1) is 12.6. The molecule has 0 amide bonds. The van der Waals surface area contributed by atoms with Gasteiger partial charge in [-0.3, -0.25) is 9.67 Å². The Morgan fingerprint density at radius 3 is 2.62 bits per heavy atom. The van der Waals surface area contributed by atoms with Crippen molar-refractivity contribution in [2.75, 3.05) is 5.32 Å². The molecule has 0 aliphatic rings. The SMILES string of the molecule is CC(C)c1cnnc(Nc2ccc3ncc(-c4cnn(C)c4)cc3n2)c1. The molecular weight excluding hydrogens is 326 g/mol. The van der Waals surface area contributed by atoms with E-state index < -0.39 is 0 Å².